The molecule has 4 atom stereocenters. The van der Waals surface area contributed by atoms with Gasteiger partial charge in [0.15, 0.2) is 0 Å². The number of nitrogens with one attached hydrogen (secondary N) is 1. The number of rotatable bonds is 11. The van der Waals surface area contributed by atoms with E-state index in [-0.39, 0.29) is 30.8 Å². The first kappa shape index (κ1) is 32.0. The van der Waals surface area contributed by atoms with Gasteiger partial charge in [0.2, 0.25) is 11.8 Å². The average Bonchev–Trinajstić information content (AvgIpc) is 3.62. The van der Waals surface area contributed by atoms with Gasteiger partial charge in [-0.1, -0.05) is 85.6 Å². The molecule has 0 aromatic heterocycles. The zero-order chi connectivity index (χ0) is 32.1. The average molecular weight is 623 g/mol. The predicted molar refractivity (Wildman–Crippen MR) is 178 cm³/mol. The van der Waals surface area contributed by atoms with Crippen molar-refractivity contribution < 1.29 is 23.9 Å². The van der Waals surface area contributed by atoms with Gasteiger partial charge in [0, 0.05) is 24.6 Å². The molecule has 46 heavy (non-hydrogen) atoms. The molecule has 1 saturated carbocycles. The fourth-order valence-corrected chi connectivity index (χ4v) is 7.94. The third kappa shape index (κ3) is 6.48. The van der Waals surface area contributed by atoms with Gasteiger partial charge >= 0.3 is 5.97 Å². The van der Waals surface area contributed by atoms with Crippen molar-refractivity contribution >= 4 is 28.6 Å². The molecule has 242 valence electrons. The Labute approximate surface area is 272 Å². The van der Waals surface area contributed by atoms with E-state index in [1.165, 1.54) is 12.7 Å². The number of amides is 2. The molecular weight excluding hydrogens is 576 g/mol. The highest BCUT2D eigenvalue weighted by Gasteiger charge is 2.60. The number of unbranched alkanes of at least 4 members (excludes halogenated alkanes) is 1. The maximum atomic E-state index is 14.5. The zero-order valence-corrected chi connectivity index (χ0v) is 27.1. The van der Waals surface area contributed by atoms with Crippen molar-refractivity contribution in [3.63, 3.8) is 0 Å². The van der Waals surface area contributed by atoms with Crippen LogP contribution in [0.1, 0.15) is 69.4 Å². The highest BCUT2D eigenvalue weighted by atomic mass is 16.5. The van der Waals surface area contributed by atoms with Crippen LogP contribution in [-0.4, -0.2) is 48.5 Å². The molecule has 1 N–H and O–H groups in total. The second-order valence-corrected chi connectivity index (χ2v) is 13.3. The van der Waals surface area contributed by atoms with Crippen molar-refractivity contribution in [2.75, 3.05) is 13.7 Å². The predicted octanol–water partition coefficient (Wildman–Crippen LogP) is 6.74. The summed E-state index contributed by atoms with van der Waals surface area (Å²) in [4.78, 5) is 43.5. The van der Waals surface area contributed by atoms with Crippen LogP contribution in [0.25, 0.3) is 10.8 Å². The summed E-state index contributed by atoms with van der Waals surface area (Å²) in [6, 6.07) is 24.6. The number of fused-ring (bicyclic) bond motifs is 2. The summed E-state index contributed by atoms with van der Waals surface area (Å²) >= 11 is 0. The van der Waals surface area contributed by atoms with E-state index in [0.717, 1.165) is 61.3 Å². The fraction of sp³-hybridized carbons (Fsp3) is 0.462. The van der Waals surface area contributed by atoms with E-state index in [2.05, 4.69) is 35.6 Å². The van der Waals surface area contributed by atoms with Gasteiger partial charge in [-0.25, -0.2) is 0 Å². The van der Waals surface area contributed by atoms with Crippen LogP contribution in [-0.2, 0) is 36.8 Å². The van der Waals surface area contributed by atoms with Crippen LogP contribution in [0.5, 0.6) is 0 Å². The van der Waals surface area contributed by atoms with Gasteiger partial charge in [-0.15, -0.1) is 0 Å². The molecule has 1 saturated heterocycles. The first-order valence-electron chi connectivity index (χ1n) is 17.0. The highest BCUT2D eigenvalue weighted by molar-refractivity contribution is 5.93. The summed E-state index contributed by atoms with van der Waals surface area (Å²) in [7, 11) is 1.40. The van der Waals surface area contributed by atoms with Crippen LogP contribution in [0, 0.1) is 17.3 Å². The molecule has 6 rings (SSSR count). The molecule has 2 heterocycles. The molecule has 0 radical (unpaired) electrons. The van der Waals surface area contributed by atoms with Crippen molar-refractivity contribution in [2.24, 2.45) is 17.3 Å². The van der Waals surface area contributed by atoms with Crippen molar-refractivity contribution in [1.29, 1.82) is 0 Å². The van der Waals surface area contributed by atoms with Crippen LogP contribution in [0.4, 0.5) is 0 Å². The molecule has 0 bridgehead atoms. The highest BCUT2D eigenvalue weighted by Crippen LogP contribution is 2.52. The van der Waals surface area contributed by atoms with E-state index in [4.69, 9.17) is 9.47 Å². The minimum absolute atomic E-state index is 0.00829. The summed E-state index contributed by atoms with van der Waals surface area (Å²) in [5.41, 5.74) is 1.75. The number of carbonyl (C=O) groups excluding carboxylic acids is 3. The molecule has 2 aliphatic heterocycles. The number of methoxy groups -OCH3 is 1. The van der Waals surface area contributed by atoms with Crippen LogP contribution < -0.4 is 5.32 Å². The van der Waals surface area contributed by atoms with E-state index >= 15 is 0 Å². The summed E-state index contributed by atoms with van der Waals surface area (Å²) in [6.45, 7) is 2.77. The lowest BCUT2D eigenvalue weighted by Gasteiger charge is -2.52. The molecule has 2 fully saturated rings. The Kier molecular flexibility index (Phi) is 9.88. The van der Waals surface area contributed by atoms with E-state index < -0.39 is 23.4 Å². The number of hydrogen-bond donors (Lipinski definition) is 1. The normalized spacial score (nSPS) is 24.8. The van der Waals surface area contributed by atoms with Gasteiger partial charge in [0.25, 0.3) is 0 Å². The Morgan fingerprint density at radius 3 is 2.50 bits per heavy atom. The molecular formula is C39H46N2O5. The SMILES string of the molecule is COC(=O)[C@]12C[C@H](CC(=O)NCCCCc3ccccc3)C(=O)N(Cc3cccc4ccccc34)C1=C[C@H](C1CCCC1)O[C@@H]2C. The lowest BCUT2D eigenvalue weighted by atomic mass is 9.66. The fourth-order valence-electron chi connectivity index (χ4n) is 7.94. The standard InChI is InChI=1S/C39H46N2O5/c1-27-39(38(44)45-2)25-32(23-36(42)40-22-11-10-15-28-13-4-3-5-14-28)37(43)41(35(39)24-34(46-27)30-17-6-7-18-30)26-31-20-12-19-29-16-8-9-21-33(29)31/h3-5,8-9,12-14,16,19-21,24,27,30,32,34H,6-7,10-11,15,17-18,22-23,25-26H2,1-2H3,(H,40,42)/t27-,32+,34-,39+/m1/s1. The maximum absolute atomic E-state index is 14.5. The van der Waals surface area contributed by atoms with Gasteiger partial charge < -0.3 is 19.7 Å². The molecule has 7 nitrogen and oxygen atoms in total. The Morgan fingerprint density at radius 2 is 1.72 bits per heavy atom. The summed E-state index contributed by atoms with van der Waals surface area (Å²) in [5.74, 6) is -1.06. The minimum Gasteiger partial charge on any atom is -0.468 e. The summed E-state index contributed by atoms with van der Waals surface area (Å²) in [6.07, 6.45) is 8.75. The van der Waals surface area contributed by atoms with Crippen LogP contribution in [0.2, 0.25) is 0 Å². The number of nitrogens with zero attached hydrogens (tertiary/aromatic N) is 1. The van der Waals surface area contributed by atoms with Gasteiger partial charge in [-0.2, -0.15) is 0 Å². The van der Waals surface area contributed by atoms with Crippen LogP contribution in [0.15, 0.2) is 84.6 Å². The van der Waals surface area contributed by atoms with Crippen molar-refractivity contribution in [3.8, 4) is 0 Å². The van der Waals surface area contributed by atoms with Crippen LogP contribution in [0.3, 0.4) is 0 Å². The van der Waals surface area contributed by atoms with E-state index in [9.17, 15) is 14.4 Å². The van der Waals surface area contributed by atoms with Crippen molar-refractivity contribution in [3.05, 3.63) is 95.7 Å². The molecule has 3 aromatic carbocycles. The largest absolute Gasteiger partial charge is 0.468 e. The third-order valence-corrected chi connectivity index (χ3v) is 10.4. The first-order chi connectivity index (χ1) is 22.4. The molecule has 7 heteroatoms. The number of esters is 1. The lowest BCUT2D eigenvalue weighted by molar-refractivity contribution is -0.178. The van der Waals surface area contributed by atoms with Gasteiger partial charge in [0.05, 0.1) is 25.9 Å². The summed E-state index contributed by atoms with van der Waals surface area (Å²) in [5, 5.41) is 5.18. The summed E-state index contributed by atoms with van der Waals surface area (Å²) < 4.78 is 12.1. The molecule has 1 aliphatic carbocycles. The number of piperidine rings is 1. The molecule has 3 aliphatic rings. The van der Waals surface area contributed by atoms with E-state index in [1.54, 1.807) is 4.90 Å². The number of hydrogen-bond acceptors (Lipinski definition) is 5. The Bertz CT molecular complexity index is 1570. The Hall–Kier alpha value is -3.97. The quantitative estimate of drug-likeness (QED) is 0.189. The zero-order valence-electron chi connectivity index (χ0n) is 27.1. The number of carbonyl (C=O) groups is 3. The molecule has 0 spiro atoms. The number of ether oxygens (including phenoxy) is 2. The van der Waals surface area contributed by atoms with Crippen molar-refractivity contribution in [2.45, 2.75) is 83.5 Å². The number of likely N-dealkylation sites (tertiary alicyclic amines) is 1. The smallest absolute Gasteiger partial charge is 0.320 e. The number of benzene rings is 3. The van der Waals surface area contributed by atoms with E-state index in [1.807, 2.05) is 55.5 Å². The number of aryl methyl sites for hydroxylation is 1. The van der Waals surface area contributed by atoms with Crippen LogP contribution >= 0.6 is 0 Å². The second-order valence-electron chi connectivity index (χ2n) is 13.3. The molecule has 2 amide bonds. The van der Waals surface area contributed by atoms with E-state index in [0.29, 0.717) is 24.7 Å². The minimum atomic E-state index is -1.19. The first-order valence-corrected chi connectivity index (χ1v) is 17.0. The monoisotopic (exact) mass is 622 g/mol. The van der Waals surface area contributed by atoms with Crippen molar-refractivity contribution in [1.82, 2.24) is 10.2 Å². The Morgan fingerprint density at radius 1 is 0.978 bits per heavy atom. The maximum Gasteiger partial charge on any atom is 0.320 e. The molecule has 3 aromatic rings. The second kappa shape index (κ2) is 14.2. The van der Waals surface area contributed by atoms with Gasteiger partial charge in [-0.05, 0) is 79.3 Å². The lowest BCUT2D eigenvalue weighted by Crippen LogP contribution is -2.60. The Balaban J connectivity index is 1.27. The van der Waals surface area contributed by atoms with Gasteiger partial charge in [-0.3, -0.25) is 14.4 Å². The topological polar surface area (TPSA) is 84.9 Å². The third-order valence-electron chi connectivity index (χ3n) is 10.4. The molecule has 0 unspecified atom stereocenters. The van der Waals surface area contributed by atoms with Gasteiger partial charge in [0.1, 0.15) is 5.41 Å².